The Kier molecular flexibility index (Phi) is 5.84. The number of carbonyl (C=O) groups is 2. The monoisotopic (exact) mass is 376 g/mol. The number of benzene rings is 1. The van der Waals surface area contributed by atoms with E-state index in [1.165, 1.54) is 12.8 Å². The number of nitrogens with one attached hydrogen (secondary N) is 2. The Balaban J connectivity index is 0.00000196. The van der Waals surface area contributed by atoms with Crippen LogP contribution in [0, 0.1) is 5.92 Å². The normalized spacial score (nSPS) is 17.2. The van der Waals surface area contributed by atoms with Gasteiger partial charge in [-0.3, -0.25) is 9.59 Å². The van der Waals surface area contributed by atoms with Gasteiger partial charge in [0.25, 0.3) is 5.91 Å². The van der Waals surface area contributed by atoms with Crippen molar-refractivity contribution in [2.45, 2.75) is 12.8 Å². The zero-order valence-corrected chi connectivity index (χ0v) is 15.6. The Morgan fingerprint density at radius 1 is 1.08 bits per heavy atom. The Hall–Kier alpha value is -2.05. The molecule has 140 valence electrons. The molecule has 26 heavy (non-hydrogen) atoms. The molecule has 2 amide bonds. The van der Waals surface area contributed by atoms with Crippen molar-refractivity contribution in [1.29, 1.82) is 0 Å². The molecule has 0 unspecified atom stereocenters. The van der Waals surface area contributed by atoms with Gasteiger partial charge in [0.1, 0.15) is 5.69 Å². The summed E-state index contributed by atoms with van der Waals surface area (Å²) in [5.74, 6) is 0.923. The largest absolute Gasteiger partial charge is 0.351 e. The van der Waals surface area contributed by atoms with E-state index in [-0.39, 0.29) is 24.2 Å². The quantitative estimate of drug-likeness (QED) is 0.837. The zero-order valence-electron chi connectivity index (χ0n) is 14.7. The van der Waals surface area contributed by atoms with Crippen LogP contribution >= 0.6 is 12.4 Å². The molecule has 2 heterocycles. The number of halogens is 1. The highest BCUT2D eigenvalue weighted by atomic mass is 35.5. The maximum Gasteiger partial charge on any atom is 0.270 e. The maximum absolute atomic E-state index is 12.7. The van der Waals surface area contributed by atoms with E-state index in [1.54, 1.807) is 0 Å². The van der Waals surface area contributed by atoms with Gasteiger partial charge < -0.3 is 20.1 Å². The van der Waals surface area contributed by atoms with Crippen molar-refractivity contribution < 1.29 is 9.59 Å². The van der Waals surface area contributed by atoms with Gasteiger partial charge >= 0.3 is 0 Å². The number of aromatic nitrogens is 1. The molecule has 1 aromatic carbocycles. The molecule has 1 saturated carbocycles. The lowest BCUT2D eigenvalue weighted by Gasteiger charge is -2.34. The molecule has 0 radical (unpaired) electrons. The van der Waals surface area contributed by atoms with Crippen molar-refractivity contribution in [2.24, 2.45) is 5.92 Å². The lowest BCUT2D eigenvalue weighted by molar-refractivity contribution is -0.131. The van der Waals surface area contributed by atoms with Crippen LogP contribution in [-0.2, 0) is 4.79 Å². The molecular weight excluding hydrogens is 352 g/mol. The van der Waals surface area contributed by atoms with Crippen LogP contribution in [-0.4, -0.2) is 65.9 Å². The van der Waals surface area contributed by atoms with Crippen LogP contribution in [0.2, 0.25) is 0 Å². The van der Waals surface area contributed by atoms with Crippen LogP contribution in [0.1, 0.15) is 23.3 Å². The fourth-order valence-corrected chi connectivity index (χ4v) is 3.33. The summed E-state index contributed by atoms with van der Waals surface area (Å²) in [5.41, 5.74) is 1.59. The number of carbonyl (C=O) groups excluding carboxylic acids is 2. The van der Waals surface area contributed by atoms with E-state index in [2.05, 4.69) is 10.3 Å². The summed E-state index contributed by atoms with van der Waals surface area (Å²) in [4.78, 5) is 31.8. The number of rotatable bonds is 5. The van der Waals surface area contributed by atoms with Crippen LogP contribution in [0.4, 0.5) is 0 Å². The van der Waals surface area contributed by atoms with E-state index in [0.29, 0.717) is 38.4 Å². The first kappa shape index (κ1) is 18.7. The lowest BCUT2D eigenvalue weighted by Crippen LogP contribution is -2.52. The standard InChI is InChI=1S/C19H24N4O2.ClH/c24-18(13-20-12-14-5-6-14)22-7-9-23(10-8-22)19(25)17-11-15-3-1-2-4-16(15)21-17;/h1-4,11,14,20-21H,5-10,12-13H2;1H. The Morgan fingerprint density at radius 2 is 1.77 bits per heavy atom. The smallest absolute Gasteiger partial charge is 0.270 e. The minimum atomic E-state index is 0. The summed E-state index contributed by atoms with van der Waals surface area (Å²) in [6.07, 6.45) is 2.57. The number of amides is 2. The van der Waals surface area contributed by atoms with Gasteiger partial charge in [-0.1, -0.05) is 18.2 Å². The van der Waals surface area contributed by atoms with Crippen LogP contribution < -0.4 is 5.32 Å². The fraction of sp³-hybridized carbons (Fsp3) is 0.474. The molecule has 7 heteroatoms. The first-order valence-corrected chi connectivity index (χ1v) is 9.06. The molecule has 1 aromatic heterocycles. The van der Waals surface area contributed by atoms with Gasteiger partial charge in [-0.2, -0.15) is 0 Å². The second kappa shape index (κ2) is 8.10. The van der Waals surface area contributed by atoms with E-state index in [4.69, 9.17) is 0 Å². The molecule has 6 nitrogen and oxygen atoms in total. The highest BCUT2D eigenvalue weighted by Crippen LogP contribution is 2.27. The molecular formula is C19H25ClN4O2. The number of hydrogen-bond donors (Lipinski definition) is 2. The third-order valence-electron chi connectivity index (χ3n) is 5.09. The van der Waals surface area contributed by atoms with Crippen LogP contribution in [0.25, 0.3) is 10.9 Å². The van der Waals surface area contributed by atoms with Crippen molar-refractivity contribution in [3.63, 3.8) is 0 Å². The van der Waals surface area contributed by atoms with E-state index in [1.807, 2.05) is 40.1 Å². The second-order valence-electron chi connectivity index (χ2n) is 7.02. The van der Waals surface area contributed by atoms with Crippen molar-refractivity contribution >= 4 is 35.1 Å². The van der Waals surface area contributed by atoms with Gasteiger partial charge in [0.05, 0.1) is 6.54 Å². The van der Waals surface area contributed by atoms with E-state index in [9.17, 15) is 9.59 Å². The van der Waals surface area contributed by atoms with E-state index < -0.39 is 0 Å². The van der Waals surface area contributed by atoms with Crippen molar-refractivity contribution in [2.75, 3.05) is 39.3 Å². The average Bonchev–Trinajstić information content (AvgIpc) is 3.36. The first-order chi connectivity index (χ1) is 12.2. The number of H-pyrrole nitrogens is 1. The average molecular weight is 377 g/mol. The number of piperazine rings is 1. The molecule has 2 fully saturated rings. The number of nitrogens with zero attached hydrogens (tertiary/aromatic N) is 2. The van der Waals surface area contributed by atoms with Gasteiger partial charge in [0, 0.05) is 37.1 Å². The van der Waals surface area contributed by atoms with Gasteiger partial charge in [-0.05, 0) is 37.4 Å². The predicted molar refractivity (Wildman–Crippen MR) is 104 cm³/mol. The van der Waals surface area contributed by atoms with E-state index in [0.717, 1.165) is 23.4 Å². The Bertz CT molecular complexity index is 746. The van der Waals surface area contributed by atoms with Gasteiger partial charge in [0.15, 0.2) is 0 Å². The molecule has 2 aliphatic rings. The van der Waals surface area contributed by atoms with Crippen molar-refractivity contribution in [3.05, 3.63) is 36.0 Å². The van der Waals surface area contributed by atoms with Gasteiger partial charge in [0.2, 0.25) is 5.91 Å². The molecule has 1 aliphatic carbocycles. The fourth-order valence-electron chi connectivity index (χ4n) is 3.33. The minimum Gasteiger partial charge on any atom is -0.351 e. The second-order valence-corrected chi connectivity index (χ2v) is 7.02. The molecule has 0 spiro atoms. The highest BCUT2D eigenvalue weighted by Gasteiger charge is 2.26. The lowest BCUT2D eigenvalue weighted by atomic mass is 10.2. The summed E-state index contributed by atoms with van der Waals surface area (Å²) < 4.78 is 0. The molecule has 1 aliphatic heterocycles. The Labute approximate surface area is 159 Å². The van der Waals surface area contributed by atoms with Crippen molar-refractivity contribution in [1.82, 2.24) is 20.1 Å². The third-order valence-corrected chi connectivity index (χ3v) is 5.09. The van der Waals surface area contributed by atoms with E-state index >= 15 is 0 Å². The number of fused-ring (bicyclic) bond motifs is 1. The maximum atomic E-state index is 12.7. The highest BCUT2D eigenvalue weighted by molar-refractivity contribution is 5.98. The van der Waals surface area contributed by atoms with Crippen LogP contribution in [0.3, 0.4) is 0 Å². The summed E-state index contributed by atoms with van der Waals surface area (Å²) in [6, 6.07) is 9.78. The summed E-state index contributed by atoms with van der Waals surface area (Å²) in [7, 11) is 0. The van der Waals surface area contributed by atoms with Gasteiger partial charge in [-0.15, -0.1) is 12.4 Å². The molecule has 1 saturated heterocycles. The minimum absolute atomic E-state index is 0. The summed E-state index contributed by atoms with van der Waals surface area (Å²) in [5, 5.41) is 4.29. The molecule has 4 rings (SSSR count). The summed E-state index contributed by atoms with van der Waals surface area (Å²) in [6.45, 7) is 3.74. The Morgan fingerprint density at radius 3 is 2.46 bits per heavy atom. The van der Waals surface area contributed by atoms with Crippen LogP contribution in [0.5, 0.6) is 0 Å². The third kappa shape index (κ3) is 4.19. The number of para-hydroxylation sites is 1. The van der Waals surface area contributed by atoms with Gasteiger partial charge in [-0.25, -0.2) is 0 Å². The van der Waals surface area contributed by atoms with Crippen molar-refractivity contribution in [3.8, 4) is 0 Å². The first-order valence-electron chi connectivity index (χ1n) is 9.06. The number of aromatic amines is 1. The van der Waals surface area contributed by atoms with Crippen LogP contribution in [0.15, 0.2) is 30.3 Å². The molecule has 0 atom stereocenters. The number of hydrogen-bond acceptors (Lipinski definition) is 3. The predicted octanol–water partition coefficient (Wildman–Crippen LogP) is 1.87. The molecule has 2 N–H and O–H groups in total. The summed E-state index contributed by atoms with van der Waals surface area (Å²) >= 11 is 0. The zero-order chi connectivity index (χ0) is 17.2. The topological polar surface area (TPSA) is 68.4 Å². The SMILES string of the molecule is Cl.O=C(CNCC1CC1)N1CCN(C(=O)c2cc3ccccc3[nH]2)CC1. The molecule has 0 bridgehead atoms. The molecule has 2 aromatic rings.